The first-order valence-electron chi connectivity index (χ1n) is 10.3. The highest BCUT2D eigenvalue weighted by molar-refractivity contribution is 5.69. The van der Waals surface area contributed by atoms with Gasteiger partial charge in [0, 0.05) is 23.4 Å². The third-order valence-electron chi connectivity index (χ3n) is 5.23. The molecule has 1 saturated carbocycles. The molecule has 2 N–H and O–H groups in total. The molecule has 0 aliphatic heterocycles. The van der Waals surface area contributed by atoms with Gasteiger partial charge in [0.2, 0.25) is 5.95 Å². The van der Waals surface area contributed by atoms with Crippen LogP contribution in [0.3, 0.4) is 0 Å². The number of rotatable bonds is 6. The Morgan fingerprint density at radius 2 is 1.78 bits per heavy atom. The molecular weight excluding hydrogens is 424 g/mol. The lowest BCUT2D eigenvalue weighted by molar-refractivity contribution is -0.274. The molecule has 9 heteroatoms. The summed E-state index contributed by atoms with van der Waals surface area (Å²) < 4.78 is 55.4. The van der Waals surface area contributed by atoms with Gasteiger partial charge in [0.05, 0.1) is 5.69 Å². The van der Waals surface area contributed by atoms with Crippen molar-refractivity contribution in [3.63, 3.8) is 0 Å². The van der Waals surface area contributed by atoms with Crippen molar-refractivity contribution in [3.05, 3.63) is 59.9 Å². The molecule has 0 unspecified atom stereocenters. The van der Waals surface area contributed by atoms with Gasteiger partial charge in [-0.3, -0.25) is 0 Å². The Morgan fingerprint density at radius 1 is 1.00 bits per heavy atom. The summed E-state index contributed by atoms with van der Waals surface area (Å²) in [5, 5.41) is 6.48. The van der Waals surface area contributed by atoms with Gasteiger partial charge in [-0.15, -0.1) is 13.2 Å². The Morgan fingerprint density at radius 3 is 2.50 bits per heavy atom. The van der Waals surface area contributed by atoms with Gasteiger partial charge in [0.25, 0.3) is 0 Å². The Labute approximate surface area is 182 Å². The minimum atomic E-state index is -4.79. The van der Waals surface area contributed by atoms with Gasteiger partial charge in [-0.1, -0.05) is 25.0 Å². The van der Waals surface area contributed by atoms with E-state index < -0.39 is 6.36 Å². The average molecular weight is 446 g/mol. The van der Waals surface area contributed by atoms with E-state index in [1.807, 2.05) is 0 Å². The summed E-state index contributed by atoms with van der Waals surface area (Å²) in [5.74, 6) is 0.135. The van der Waals surface area contributed by atoms with Crippen molar-refractivity contribution in [2.75, 3.05) is 10.6 Å². The normalized spacial score (nSPS) is 14.4. The number of nitrogens with one attached hydrogen (secondary N) is 2. The van der Waals surface area contributed by atoms with Gasteiger partial charge in [-0.05, 0) is 55.7 Å². The topological polar surface area (TPSA) is 59.1 Å². The summed E-state index contributed by atoms with van der Waals surface area (Å²) in [4.78, 5) is 9.05. The van der Waals surface area contributed by atoms with Crippen molar-refractivity contribution in [2.24, 2.45) is 0 Å². The van der Waals surface area contributed by atoms with Gasteiger partial charge < -0.3 is 15.4 Å². The molecule has 1 fully saturated rings. The molecule has 1 aliphatic carbocycles. The molecule has 0 bridgehead atoms. The molecule has 2 aromatic carbocycles. The molecule has 0 spiro atoms. The minimum Gasteiger partial charge on any atom is -0.406 e. The zero-order chi connectivity index (χ0) is 22.7. The molecule has 1 heterocycles. The van der Waals surface area contributed by atoms with E-state index >= 15 is 0 Å². The standard InChI is InChI=1S/C23H22F4N4O/c1-14-11-16(24)9-10-19(14)29-21-13-20(30-22(31-21)28-17-6-2-3-7-17)15-5-4-8-18(12-15)32-23(25,26)27/h4-5,8-13,17H,2-3,6-7H2,1H3,(H2,28,29,30,31). The fraction of sp³-hybridized carbons (Fsp3) is 0.304. The molecule has 0 radical (unpaired) electrons. The first-order chi connectivity index (χ1) is 15.2. The second-order valence-electron chi connectivity index (χ2n) is 7.75. The number of hydrogen-bond acceptors (Lipinski definition) is 5. The highest BCUT2D eigenvalue weighted by Crippen LogP contribution is 2.30. The number of benzene rings is 2. The van der Waals surface area contributed by atoms with Crippen LogP contribution in [0.25, 0.3) is 11.3 Å². The molecule has 4 rings (SSSR count). The molecule has 0 saturated heterocycles. The summed E-state index contributed by atoms with van der Waals surface area (Å²) in [7, 11) is 0. The number of alkyl halides is 3. The van der Waals surface area contributed by atoms with E-state index in [9.17, 15) is 17.6 Å². The Bertz CT molecular complexity index is 1100. The SMILES string of the molecule is Cc1cc(F)ccc1Nc1cc(-c2cccc(OC(F)(F)F)c2)nc(NC2CCCC2)n1. The maximum absolute atomic E-state index is 13.5. The van der Waals surface area contributed by atoms with Gasteiger partial charge in [-0.2, -0.15) is 4.98 Å². The Kier molecular flexibility index (Phi) is 6.16. The number of aryl methyl sites for hydroxylation is 1. The number of nitrogens with zero attached hydrogens (tertiary/aromatic N) is 2. The van der Waals surface area contributed by atoms with Crippen LogP contribution in [0, 0.1) is 12.7 Å². The molecule has 1 aliphatic rings. The molecule has 0 amide bonds. The van der Waals surface area contributed by atoms with Crippen LogP contribution in [0.4, 0.5) is 35.0 Å². The first kappa shape index (κ1) is 21.9. The van der Waals surface area contributed by atoms with E-state index in [1.165, 1.54) is 30.3 Å². The van der Waals surface area contributed by atoms with Gasteiger partial charge in [-0.25, -0.2) is 9.37 Å². The third kappa shape index (κ3) is 5.66. The first-order valence-corrected chi connectivity index (χ1v) is 10.3. The van der Waals surface area contributed by atoms with E-state index in [-0.39, 0.29) is 17.6 Å². The van der Waals surface area contributed by atoms with Gasteiger partial charge >= 0.3 is 6.36 Å². The van der Waals surface area contributed by atoms with E-state index in [0.717, 1.165) is 25.7 Å². The van der Waals surface area contributed by atoms with Crippen LogP contribution in [0.2, 0.25) is 0 Å². The lowest BCUT2D eigenvalue weighted by Gasteiger charge is -2.16. The molecule has 0 atom stereocenters. The van der Waals surface area contributed by atoms with E-state index in [4.69, 9.17) is 0 Å². The molecule has 3 aromatic rings. The van der Waals surface area contributed by atoms with E-state index in [0.29, 0.717) is 34.3 Å². The summed E-state index contributed by atoms with van der Waals surface area (Å²) in [6, 6.07) is 11.9. The monoisotopic (exact) mass is 446 g/mol. The predicted octanol–water partition coefficient (Wildman–Crippen LogP) is 6.59. The maximum Gasteiger partial charge on any atom is 0.573 e. The second kappa shape index (κ2) is 9.02. The summed E-state index contributed by atoms with van der Waals surface area (Å²) in [5.41, 5.74) is 2.23. The highest BCUT2D eigenvalue weighted by atomic mass is 19.4. The third-order valence-corrected chi connectivity index (χ3v) is 5.23. The van der Waals surface area contributed by atoms with Crippen molar-refractivity contribution in [1.82, 2.24) is 9.97 Å². The zero-order valence-electron chi connectivity index (χ0n) is 17.3. The van der Waals surface area contributed by atoms with Crippen LogP contribution >= 0.6 is 0 Å². The van der Waals surface area contributed by atoms with Crippen LogP contribution in [0.1, 0.15) is 31.2 Å². The summed E-state index contributed by atoms with van der Waals surface area (Å²) in [6.45, 7) is 1.77. The van der Waals surface area contributed by atoms with Crippen LogP contribution in [0.5, 0.6) is 5.75 Å². The smallest absolute Gasteiger partial charge is 0.406 e. The molecule has 1 aromatic heterocycles. The molecule has 168 valence electrons. The van der Waals surface area contributed by atoms with Crippen LogP contribution in [-0.2, 0) is 0 Å². The number of halogens is 4. The lowest BCUT2D eigenvalue weighted by atomic mass is 10.1. The quantitative estimate of drug-likeness (QED) is 0.419. The van der Waals surface area contributed by atoms with Crippen molar-refractivity contribution in [3.8, 4) is 17.0 Å². The van der Waals surface area contributed by atoms with Crippen molar-refractivity contribution >= 4 is 17.5 Å². The van der Waals surface area contributed by atoms with Crippen LogP contribution in [-0.4, -0.2) is 22.4 Å². The van der Waals surface area contributed by atoms with Crippen LogP contribution < -0.4 is 15.4 Å². The zero-order valence-corrected chi connectivity index (χ0v) is 17.3. The molecule has 32 heavy (non-hydrogen) atoms. The Hall–Kier alpha value is -3.36. The largest absolute Gasteiger partial charge is 0.573 e. The fourth-order valence-corrected chi connectivity index (χ4v) is 3.73. The highest BCUT2D eigenvalue weighted by Gasteiger charge is 2.31. The maximum atomic E-state index is 13.5. The van der Waals surface area contributed by atoms with Crippen molar-refractivity contribution < 1.29 is 22.3 Å². The summed E-state index contributed by atoms with van der Waals surface area (Å²) >= 11 is 0. The number of anilines is 3. The second-order valence-corrected chi connectivity index (χ2v) is 7.75. The minimum absolute atomic E-state index is 0.241. The molecular formula is C23H22F4N4O. The van der Waals surface area contributed by atoms with Crippen molar-refractivity contribution in [1.29, 1.82) is 0 Å². The fourth-order valence-electron chi connectivity index (χ4n) is 3.73. The van der Waals surface area contributed by atoms with Gasteiger partial charge in [0.15, 0.2) is 0 Å². The summed E-state index contributed by atoms with van der Waals surface area (Å²) in [6.07, 6.45) is -0.543. The van der Waals surface area contributed by atoms with E-state index in [1.54, 1.807) is 25.1 Å². The number of aromatic nitrogens is 2. The van der Waals surface area contributed by atoms with Crippen molar-refractivity contribution in [2.45, 2.75) is 45.0 Å². The lowest BCUT2D eigenvalue weighted by Crippen LogP contribution is -2.17. The van der Waals surface area contributed by atoms with E-state index in [2.05, 4.69) is 25.3 Å². The average Bonchev–Trinajstić information content (AvgIpc) is 3.22. The predicted molar refractivity (Wildman–Crippen MR) is 114 cm³/mol. The van der Waals surface area contributed by atoms with Gasteiger partial charge in [0.1, 0.15) is 17.4 Å². The molecule has 5 nitrogen and oxygen atoms in total. The van der Waals surface area contributed by atoms with Crippen LogP contribution in [0.15, 0.2) is 48.5 Å². The number of hydrogen-bond donors (Lipinski definition) is 2. The number of ether oxygens (including phenoxy) is 1. The Balaban J connectivity index is 1.69.